The Morgan fingerprint density at radius 2 is 1.62 bits per heavy atom. The third-order valence-corrected chi connectivity index (χ3v) is 6.94. The van der Waals surface area contributed by atoms with E-state index in [9.17, 15) is 24.0 Å². The number of amides is 5. The fraction of sp³-hybridized carbons (Fsp3) is 0.808. The van der Waals surface area contributed by atoms with Crippen LogP contribution in [0.15, 0.2) is 0 Å². The number of nitrogens with one attached hydrogen (secondary N) is 5. The summed E-state index contributed by atoms with van der Waals surface area (Å²) in [7, 11) is 3.20. The highest BCUT2D eigenvalue weighted by Gasteiger charge is 2.42. The molecule has 1 aliphatic rings. The van der Waals surface area contributed by atoms with Crippen molar-refractivity contribution in [2.45, 2.75) is 85.5 Å². The molecular weight excluding hydrogens is 522 g/mol. The zero-order chi connectivity index (χ0) is 30.1. The second-order valence-corrected chi connectivity index (χ2v) is 13.0. The zero-order valence-corrected chi connectivity index (χ0v) is 25.8. The lowest BCUT2D eigenvalue weighted by Gasteiger charge is -2.37. The summed E-state index contributed by atoms with van der Waals surface area (Å²) in [6.45, 7) is 15.4. The molecular formula is C26H49N7O5S. The minimum absolute atomic E-state index is 0.219. The van der Waals surface area contributed by atoms with Gasteiger partial charge >= 0.3 is 6.03 Å². The van der Waals surface area contributed by atoms with Crippen molar-refractivity contribution < 1.29 is 24.0 Å². The summed E-state index contributed by atoms with van der Waals surface area (Å²) in [5.74, 6) is -2.45. The van der Waals surface area contributed by atoms with Crippen LogP contribution in [0.1, 0.15) is 61.3 Å². The molecule has 5 N–H and O–H groups in total. The van der Waals surface area contributed by atoms with Crippen molar-refractivity contribution >= 4 is 42.4 Å². The van der Waals surface area contributed by atoms with Crippen LogP contribution in [-0.2, 0) is 19.2 Å². The molecule has 0 aromatic rings. The molecule has 39 heavy (non-hydrogen) atoms. The van der Waals surface area contributed by atoms with Gasteiger partial charge in [0.2, 0.25) is 17.6 Å². The molecule has 1 fully saturated rings. The largest absolute Gasteiger partial charge is 0.353 e. The number of Topliss-reactive ketones (excluding diaryl/α,β-unsaturated/α-hetero) is 1. The topological polar surface area (TPSA) is 152 Å². The number of ketones is 1. The molecule has 12 nitrogen and oxygen atoms in total. The van der Waals surface area contributed by atoms with Crippen molar-refractivity contribution in [2.75, 3.05) is 40.3 Å². The summed E-state index contributed by atoms with van der Waals surface area (Å²) in [4.78, 5) is 65.1. The molecule has 0 saturated carbocycles. The summed E-state index contributed by atoms with van der Waals surface area (Å²) < 4.78 is 1.77. The van der Waals surface area contributed by atoms with E-state index < -0.39 is 47.2 Å². The Balaban J connectivity index is 2.96. The maximum atomic E-state index is 13.7. The van der Waals surface area contributed by atoms with Gasteiger partial charge in [-0.15, -0.1) is 0 Å². The molecule has 13 heteroatoms. The van der Waals surface area contributed by atoms with Crippen molar-refractivity contribution in [3.8, 4) is 0 Å². The van der Waals surface area contributed by atoms with Crippen LogP contribution in [0.2, 0.25) is 0 Å². The molecule has 1 heterocycles. The van der Waals surface area contributed by atoms with Gasteiger partial charge in [0.05, 0.1) is 6.04 Å². The van der Waals surface area contributed by atoms with E-state index in [0.717, 1.165) is 6.54 Å². The summed E-state index contributed by atoms with van der Waals surface area (Å²) in [6.07, 6.45) is 1.02. The van der Waals surface area contributed by atoms with Gasteiger partial charge in [-0.25, -0.2) is 4.79 Å². The minimum atomic E-state index is -1.03. The van der Waals surface area contributed by atoms with Crippen molar-refractivity contribution in [3.05, 3.63) is 0 Å². The smallest absolute Gasteiger partial charge is 0.315 e. The molecule has 0 radical (unpaired) electrons. The number of carbonyl (C=O) groups is 5. The lowest BCUT2D eigenvalue weighted by Crippen LogP contribution is -2.61. The normalized spacial score (nSPS) is 18.2. The summed E-state index contributed by atoms with van der Waals surface area (Å²) in [6, 6.07) is -3.43. The Morgan fingerprint density at radius 1 is 1.00 bits per heavy atom. The lowest BCUT2D eigenvalue weighted by molar-refractivity contribution is -0.143. The van der Waals surface area contributed by atoms with E-state index in [1.54, 1.807) is 4.31 Å². The number of likely N-dealkylation sites (tertiary alicyclic amines) is 1. The monoisotopic (exact) mass is 571 g/mol. The highest BCUT2D eigenvalue weighted by molar-refractivity contribution is 7.77. The standard InChI is InChI=1S/C26H49N7O5S/c1-16(19(34)22(36)27-8)29-21(35)17-11-10-13-33(17)23(37)20(26(5,6)7)31-24(38)30-18(25(2,3)4)15-28-12-14-32(9)39/h16-18,20,28,39H,10-15H2,1-9H3,(H,27,36)(H,29,35)(H2,30,31,38). The van der Waals surface area contributed by atoms with Gasteiger partial charge in [0.25, 0.3) is 5.91 Å². The lowest BCUT2D eigenvalue weighted by atomic mass is 9.85. The number of thiol groups is 1. The number of urea groups is 1. The van der Waals surface area contributed by atoms with Gasteiger partial charge in [0, 0.05) is 39.3 Å². The van der Waals surface area contributed by atoms with E-state index in [-0.39, 0.29) is 17.4 Å². The van der Waals surface area contributed by atoms with Crippen molar-refractivity contribution in [2.24, 2.45) is 10.8 Å². The molecule has 5 amide bonds. The predicted molar refractivity (Wildman–Crippen MR) is 154 cm³/mol. The number of nitrogens with zero attached hydrogens (tertiary/aromatic N) is 2. The van der Waals surface area contributed by atoms with Crippen molar-refractivity contribution in [3.63, 3.8) is 0 Å². The second kappa shape index (κ2) is 14.8. The highest BCUT2D eigenvalue weighted by Crippen LogP contribution is 2.26. The van der Waals surface area contributed by atoms with Gasteiger partial charge in [-0.2, -0.15) is 0 Å². The first-order valence-electron chi connectivity index (χ1n) is 13.4. The average Bonchev–Trinajstić information content (AvgIpc) is 3.31. The number of hydrogen-bond donors (Lipinski definition) is 6. The van der Waals surface area contributed by atoms with Crippen LogP contribution in [0.3, 0.4) is 0 Å². The SMILES string of the molecule is CNC(=O)C(=O)C(C)NC(=O)C1CCCN1C(=O)C(NC(=O)NC(CNCCN(C)S)C(C)(C)C)C(C)(C)C. The Labute approximate surface area is 238 Å². The molecule has 0 spiro atoms. The zero-order valence-electron chi connectivity index (χ0n) is 24.9. The second-order valence-electron chi connectivity index (χ2n) is 12.3. The third kappa shape index (κ3) is 11.0. The molecule has 1 saturated heterocycles. The molecule has 0 bridgehead atoms. The first-order valence-corrected chi connectivity index (χ1v) is 13.8. The number of carbonyl (C=O) groups excluding carboxylic acids is 5. The average molecular weight is 572 g/mol. The van der Waals surface area contributed by atoms with Gasteiger partial charge in [0.15, 0.2) is 0 Å². The van der Waals surface area contributed by atoms with Gasteiger partial charge in [-0.3, -0.25) is 23.5 Å². The number of hydrogen-bond acceptors (Lipinski definition) is 8. The van der Waals surface area contributed by atoms with E-state index in [1.165, 1.54) is 18.9 Å². The molecule has 4 unspecified atom stereocenters. The van der Waals surface area contributed by atoms with E-state index >= 15 is 0 Å². The van der Waals surface area contributed by atoms with Crippen molar-refractivity contribution in [1.29, 1.82) is 0 Å². The Morgan fingerprint density at radius 3 is 2.13 bits per heavy atom. The predicted octanol–water partition coefficient (Wildman–Crippen LogP) is 0.292. The first-order chi connectivity index (χ1) is 17.9. The van der Waals surface area contributed by atoms with Crippen LogP contribution < -0.4 is 26.6 Å². The molecule has 1 aliphatic heterocycles. The molecule has 224 valence electrons. The van der Waals surface area contributed by atoms with Crippen LogP contribution in [-0.4, -0.2) is 103 Å². The quantitative estimate of drug-likeness (QED) is 0.112. The molecule has 0 aromatic carbocycles. The molecule has 0 aromatic heterocycles. The van der Waals surface area contributed by atoms with Gasteiger partial charge in [0.1, 0.15) is 12.1 Å². The highest BCUT2D eigenvalue weighted by atomic mass is 32.1. The number of rotatable bonds is 12. The van der Waals surface area contributed by atoms with E-state index in [2.05, 4.69) is 39.4 Å². The molecule has 4 atom stereocenters. The van der Waals surface area contributed by atoms with Crippen LogP contribution in [0.5, 0.6) is 0 Å². The Hall–Kier alpha value is -2.38. The molecule has 1 rings (SSSR count). The van der Waals surface area contributed by atoms with Crippen LogP contribution in [0, 0.1) is 10.8 Å². The summed E-state index contributed by atoms with van der Waals surface area (Å²) in [5, 5.41) is 14.0. The summed E-state index contributed by atoms with van der Waals surface area (Å²) in [5.41, 5.74) is -0.896. The number of likely N-dealkylation sites (N-methyl/N-ethyl adjacent to an activating group) is 2. The van der Waals surface area contributed by atoms with E-state index in [4.69, 9.17) is 0 Å². The van der Waals surface area contributed by atoms with Gasteiger partial charge in [-0.05, 0) is 37.6 Å². The Bertz CT molecular complexity index is 885. The molecule has 0 aliphatic carbocycles. The maximum Gasteiger partial charge on any atom is 0.315 e. The maximum absolute atomic E-state index is 13.7. The van der Waals surface area contributed by atoms with E-state index in [0.29, 0.717) is 32.5 Å². The van der Waals surface area contributed by atoms with Crippen LogP contribution in [0.4, 0.5) is 4.79 Å². The van der Waals surface area contributed by atoms with Crippen LogP contribution in [0.25, 0.3) is 0 Å². The van der Waals surface area contributed by atoms with E-state index in [1.807, 2.05) is 48.6 Å². The fourth-order valence-electron chi connectivity index (χ4n) is 4.20. The third-order valence-electron chi connectivity index (χ3n) is 6.74. The van der Waals surface area contributed by atoms with Gasteiger partial charge in [-0.1, -0.05) is 54.4 Å². The Kier molecular flexibility index (Phi) is 13.2. The fourth-order valence-corrected chi connectivity index (χ4v) is 4.30. The summed E-state index contributed by atoms with van der Waals surface area (Å²) >= 11 is 4.23. The minimum Gasteiger partial charge on any atom is -0.353 e. The van der Waals surface area contributed by atoms with Crippen molar-refractivity contribution in [1.82, 2.24) is 35.8 Å². The first kappa shape index (κ1) is 34.6. The van der Waals surface area contributed by atoms with Crippen LogP contribution >= 0.6 is 12.8 Å². The van der Waals surface area contributed by atoms with Gasteiger partial charge < -0.3 is 31.5 Å².